The van der Waals surface area contributed by atoms with Gasteiger partial charge in [-0.3, -0.25) is 4.68 Å². The smallest absolute Gasteiger partial charge is 0.0965 e. The third kappa shape index (κ3) is 3.11. The van der Waals surface area contributed by atoms with E-state index in [1.54, 1.807) is 0 Å². The van der Waals surface area contributed by atoms with Crippen molar-refractivity contribution >= 4 is 0 Å². The van der Waals surface area contributed by atoms with Crippen molar-refractivity contribution in [1.82, 2.24) is 9.78 Å². The molecule has 16 heavy (non-hydrogen) atoms. The minimum absolute atomic E-state index is 0.450. The lowest BCUT2D eigenvalue weighted by molar-refractivity contribution is 0.158. The van der Waals surface area contributed by atoms with Gasteiger partial charge in [0.2, 0.25) is 0 Å². The second-order valence-electron chi connectivity index (χ2n) is 3.71. The molecule has 1 aromatic rings. The van der Waals surface area contributed by atoms with Crippen molar-refractivity contribution in [3.05, 3.63) is 17.5 Å². The monoisotopic (exact) mass is 220 g/mol. The average Bonchev–Trinajstić information content (AvgIpc) is 2.72. The van der Waals surface area contributed by atoms with Crippen LogP contribution in [0, 0.1) is 11.8 Å². The number of hydrogen-bond donors (Lipinski definition) is 1. The highest BCUT2D eigenvalue weighted by molar-refractivity contribution is 5.13. The van der Waals surface area contributed by atoms with E-state index in [4.69, 9.17) is 0 Å². The zero-order valence-electron chi connectivity index (χ0n) is 10.3. The molecular formula is C13H20N2O. The van der Waals surface area contributed by atoms with Crippen LogP contribution in [0.3, 0.4) is 0 Å². The van der Waals surface area contributed by atoms with Gasteiger partial charge >= 0.3 is 0 Å². The van der Waals surface area contributed by atoms with Crippen LogP contribution in [0.5, 0.6) is 0 Å². The van der Waals surface area contributed by atoms with Gasteiger partial charge in [-0.15, -0.1) is 11.8 Å². The summed E-state index contributed by atoms with van der Waals surface area (Å²) in [6, 6.07) is 1.99. The highest BCUT2D eigenvalue weighted by Crippen LogP contribution is 2.19. The number of nitrogens with zero attached hydrogens (tertiary/aromatic N) is 2. The maximum Gasteiger partial charge on any atom is 0.0965 e. The Labute approximate surface area is 97.5 Å². The van der Waals surface area contributed by atoms with Crippen molar-refractivity contribution in [2.45, 2.75) is 52.7 Å². The van der Waals surface area contributed by atoms with Crippen LogP contribution in [0.1, 0.15) is 51.1 Å². The van der Waals surface area contributed by atoms with E-state index < -0.39 is 6.10 Å². The summed E-state index contributed by atoms with van der Waals surface area (Å²) in [5.41, 5.74) is 1.95. The Morgan fingerprint density at radius 3 is 2.81 bits per heavy atom. The van der Waals surface area contributed by atoms with E-state index in [1.165, 1.54) is 0 Å². The van der Waals surface area contributed by atoms with Crippen LogP contribution in [0.4, 0.5) is 0 Å². The van der Waals surface area contributed by atoms with Crippen LogP contribution in [-0.4, -0.2) is 14.9 Å². The maximum absolute atomic E-state index is 10.0. The molecule has 0 aliphatic heterocycles. The normalized spacial score (nSPS) is 12.0. The van der Waals surface area contributed by atoms with Crippen LogP contribution in [0.25, 0.3) is 0 Å². The van der Waals surface area contributed by atoms with Gasteiger partial charge in [0.15, 0.2) is 0 Å². The summed E-state index contributed by atoms with van der Waals surface area (Å²) in [5, 5.41) is 14.5. The van der Waals surface area contributed by atoms with Crippen LogP contribution in [0.15, 0.2) is 6.07 Å². The highest BCUT2D eigenvalue weighted by Gasteiger charge is 2.13. The molecule has 0 aromatic carbocycles. The summed E-state index contributed by atoms with van der Waals surface area (Å²) in [7, 11) is 0. The Hall–Kier alpha value is -1.27. The first kappa shape index (κ1) is 12.8. The summed E-state index contributed by atoms with van der Waals surface area (Å²) in [6.45, 7) is 6.72. The Morgan fingerprint density at radius 2 is 2.25 bits per heavy atom. The topological polar surface area (TPSA) is 38.1 Å². The van der Waals surface area contributed by atoms with Crippen LogP contribution < -0.4 is 0 Å². The molecular weight excluding hydrogens is 200 g/mol. The largest absolute Gasteiger partial charge is 0.387 e. The fourth-order valence-electron chi connectivity index (χ4n) is 1.66. The van der Waals surface area contributed by atoms with E-state index in [2.05, 4.69) is 23.9 Å². The Balaban J connectivity index is 2.75. The minimum atomic E-state index is -0.450. The highest BCUT2D eigenvalue weighted by atomic mass is 16.3. The van der Waals surface area contributed by atoms with Gasteiger partial charge in [0.05, 0.1) is 17.5 Å². The summed E-state index contributed by atoms with van der Waals surface area (Å²) in [6.07, 6.45) is 1.86. The van der Waals surface area contributed by atoms with Crippen LogP contribution >= 0.6 is 0 Å². The first-order valence-electron chi connectivity index (χ1n) is 5.87. The third-order valence-corrected chi connectivity index (χ3v) is 2.58. The van der Waals surface area contributed by atoms with E-state index in [9.17, 15) is 5.11 Å². The number of aliphatic hydroxyl groups is 1. The predicted octanol–water partition coefficient (Wildman–Crippen LogP) is 2.30. The summed E-state index contributed by atoms with van der Waals surface area (Å²) >= 11 is 0. The van der Waals surface area contributed by atoms with Crippen molar-refractivity contribution in [3.63, 3.8) is 0 Å². The quantitative estimate of drug-likeness (QED) is 0.773. The molecule has 0 bridgehead atoms. The summed E-state index contributed by atoms with van der Waals surface area (Å²) in [5.74, 6) is 5.80. The molecule has 1 heterocycles. The van der Waals surface area contributed by atoms with Gasteiger partial charge < -0.3 is 5.11 Å². The summed E-state index contributed by atoms with van der Waals surface area (Å²) < 4.78 is 1.88. The molecule has 0 aliphatic carbocycles. The molecule has 0 saturated carbocycles. The first-order chi connectivity index (χ1) is 7.72. The van der Waals surface area contributed by atoms with Gasteiger partial charge in [0.25, 0.3) is 0 Å². The number of hydrogen-bond acceptors (Lipinski definition) is 2. The predicted molar refractivity (Wildman–Crippen MR) is 64.9 cm³/mol. The fraction of sp³-hybridized carbons (Fsp3) is 0.615. The first-order valence-corrected chi connectivity index (χ1v) is 5.87. The van der Waals surface area contributed by atoms with Crippen molar-refractivity contribution in [1.29, 1.82) is 0 Å². The average molecular weight is 220 g/mol. The van der Waals surface area contributed by atoms with Crippen LogP contribution in [0.2, 0.25) is 0 Å². The molecule has 0 fully saturated rings. The van der Waals surface area contributed by atoms with E-state index in [-0.39, 0.29) is 0 Å². The second kappa shape index (κ2) is 6.34. The van der Waals surface area contributed by atoms with E-state index >= 15 is 0 Å². The molecule has 0 spiro atoms. The zero-order chi connectivity index (χ0) is 12.0. The molecule has 3 nitrogen and oxygen atoms in total. The zero-order valence-corrected chi connectivity index (χ0v) is 10.3. The molecule has 1 unspecified atom stereocenters. The number of aryl methyl sites for hydroxylation is 2. The minimum Gasteiger partial charge on any atom is -0.387 e. The van der Waals surface area contributed by atoms with Gasteiger partial charge in [0.1, 0.15) is 0 Å². The van der Waals surface area contributed by atoms with Gasteiger partial charge in [-0.25, -0.2) is 0 Å². The Bertz CT molecular complexity index is 384. The van der Waals surface area contributed by atoms with Crippen molar-refractivity contribution < 1.29 is 5.11 Å². The third-order valence-electron chi connectivity index (χ3n) is 2.58. The molecule has 0 saturated heterocycles. The van der Waals surface area contributed by atoms with Crippen molar-refractivity contribution in [3.8, 4) is 11.8 Å². The molecule has 1 atom stereocenters. The Kier molecular flexibility index (Phi) is 5.07. The molecule has 0 amide bonds. The SMILES string of the molecule is CC#CCCC(O)c1cc(CC)nn1CC. The van der Waals surface area contributed by atoms with Crippen LogP contribution in [-0.2, 0) is 13.0 Å². The lowest BCUT2D eigenvalue weighted by Gasteiger charge is -2.10. The van der Waals surface area contributed by atoms with E-state index in [0.29, 0.717) is 6.42 Å². The molecule has 1 aromatic heterocycles. The second-order valence-corrected chi connectivity index (χ2v) is 3.71. The number of rotatable bonds is 5. The maximum atomic E-state index is 10.0. The van der Waals surface area contributed by atoms with Gasteiger partial charge in [-0.1, -0.05) is 6.92 Å². The molecule has 3 heteroatoms. The fourth-order valence-corrected chi connectivity index (χ4v) is 1.66. The molecule has 0 radical (unpaired) electrons. The van der Waals surface area contributed by atoms with Gasteiger partial charge in [0, 0.05) is 13.0 Å². The number of aromatic nitrogens is 2. The van der Waals surface area contributed by atoms with Gasteiger partial charge in [-0.2, -0.15) is 5.10 Å². The molecule has 88 valence electrons. The lowest BCUT2D eigenvalue weighted by Crippen LogP contribution is -2.07. The standard InChI is InChI=1S/C13H20N2O/c1-4-7-8-9-13(16)12-10-11(5-2)14-15(12)6-3/h10,13,16H,5-6,8-9H2,1-3H3. The van der Waals surface area contributed by atoms with Crippen molar-refractivity contribution in [2.75, 3.05) is 0 Å². The van der Waals surface area contributed by atoms with E-state index in [1.807, 2.05) is 24.6 Å². The number of aliphatic hydroxyl groups excluding tert-OH is 1. The molecule has 0 aliphatic rings. The Morgan fingerprint density at radius 1 is 1.50 bits per heavy atom. The molecule has 1 rings (SSSR count). The van der Waals surface area contributed by atoms with Crippen molar-refractivity contribution in [2.24, 2.45) is 0 Å². The lowest BCUT2D eigenvalue weighted by atomic mass is 10.1. The van der Waals surface area contributed by atoms with E-state index in [0.717, 1.165) is 30.8 Å². The van der Waals surface area contributed by atoms with Gasteiger partial charge in [-0.05, 0) is 32.8 Å². The summed E-state index contributed by atoms with van der Waals surface area (Å²) in [4.78, 5) is 0. The molecule has 1 N–H and O–H groups in total.